The Morgan fingerprint density at radius 2 is 1.59 bits per heavy atom. The molecule has 3 aromatic rings. The largest absolute Gasteiger partial charge is 0.332 e. The first kappa shape index (κ1) is 23.0. The molecule has 0 bridgehead atoms. The maximum atomic E-state index is 13.0. The Bertz CT molecular complexity index is 1210. The number of sulfonamides is 1. The summed E-state index contributed by atoms with van der Waals surface area (Å²) in [4.78, 5) is 22.8. The van der Waals surface area contributed by atoms with Crippen LogP contribution in [-0.4, -0.2) is 26.0 Å². The van der Waals surface area contributed by atoms with Crippen molar-refractivity contribution in [2.75, 3.05) is 16.2 Å². The highest BCUT2D eigenvalue weighted by molar-refractivity contribution is 7.92. The molecule has 0 saturated carbocycles. The molecule has 8 nitrogen and oxygen atoms in total. The van der Waals surface area contributed by atoms with Crippen molar-refractivity contribution >= 4 is 50.3 Å². The number of carbonyl (C=O) groups excluding carboxylic acids is 1. The molecule has 0 radical (unpaired) electrons. The van der Waals surface area contributed by atoms with Gasteiger partial charge in [0.15, 0.2) is 5.11 Å². The van der Waals surface area contributed by atoms with Gasteiger partial charge in [0.2, 0.25) is 0 Å². The summed E-state index contributed by atoms with van der Waals surface area (Å²) in [5, 5.41) is 8.19. The van der Waals surface area contributed by atoms with E-state index in [-0.39, 0.29) is 22.2 Å². The van der Waals surface area contributed by atoms with Crippen LogP contribution < -0.4 is 14.9 Å². The highest BCUT2D eigenvalue weighted by Gasteiger charge is 2.23. The van der Waals surface area contributed by atoms with Gasteiger partial charge >= 0.3 is 0 Å². The molecule has 0 aliphatic carbocycles. The molecule has 32 heavy (non-hydrogen) atoms. The molecule has 0 saturated heterocycles. The van der Waals surface area contributed by atoms with Gasteiger partial charge in [0.25, 0.3) is 15.9 Å². The second-order valence-corrected chi connectivity index (χ2v) is 8.85. The van der Waals surface area contributed by atoms with E-state index in [2.05, 4.69) is 15.8 Å². The Kier molecular flexibility index (Phi) is 7.29. The number of para-hydroxylation sites is 1. The van der Waals surface area contributed by atoms with E-state index in [1.807, 2.05) is 6.07 Å². The van der Waals surface area contributed by atoms with Crippen LogP contribution in [0.15, 0.2) is 88.9 Å². The molecule has 0 aromatic heterocycles. The lowest BCUT2D eigenvalue weighted by Gasteiger charge is -2.23. The van der Waals surface area contributed by atoms with E-state index in [1.54, 1.807) is 43.3 Å². The molecule has 0 spiro atoms. The van der Waals surface area contributed by atoms with E-state index in [1.165, 1.54) is 40.7 Å². The molecular formula is C22H20N4O4S2. The molecule has 164 valence electrons. The van der Waals surface area contributed by atoms with Crippen molar-refractivity contribution in [3.05, 3.63) is 89.3 Å². The minimum Gasteiger partial charge on any atom is -0.332 e. The number of hydrogen-bond acceptors (Lipinski definition) is 6. The summed E-state index contributed by atoms with van der Waals surface area (Å²) >= 11 is 5.15. The summed E-state index contributed by atoms with van der Waals surface area (Å²) in [7, 11) is -3.74. The smallest absolute Gasteiger partial charge is 0.264 e. The minimum atomic E-state index is -3.74. The fourth-order valence-corrected chi connectivity index (χ4v) is 4.62. The SMILES string of the molecule is CCN(c1ccccc1)S(=O)(=O)c1ccc(NC(=S)NC(=O)c2ccc(N=O)cc2)cc1. The first-order chi connectivity index (χ1) is 15.3. The number of carbonyl (C=O) groups is 1. The van der Waals surface area contributed by atoms with Crippen LogP contribution in [0.4, 0.5) is 17.1 Å². The number of amides is 1. The second kappa shape index (κ2) is 10.1. The van der Waals surface area contributed by atoms with Crippen LogP contribution in [-0.2, 0) is 10.0 Å². The predicted molar refractivity (Wildman–Crippen MR) is 129 cm³/mol. The molecule has 0 aliphatic heterocycles. The van der Waals surface area contributed by atoms with Gasteiger partial charge < -0.3 is 5.32 Å². The van der Waals surface area contributed by atoms with Gasteiger partial charge in [0.1, 0.15) is 5.69 Å². The molecule has 2 N–H and O–H groups in total. The third-order valence-electron chi connectivity index (χ3n) is 4.49. The lowest BCUT2D eigenvalue weighted by Crippen LogP contribution is -2.34. The molecule has 0 heterocycles. The van der Waals surface area contributed by atoms with Gasteiger partial charge in [-0.05, 0) is 85.0 Å². The number of benzene rings is 3. The molecule has 1 amide bonds. The number of anilines is 2. The monoisotopic (exact) mass is 468 g/mol. The second-order valence-electron chi connectivity index (χ2n) is 6.58. The summed E-state index contributed by atoms with van der Waals surface area (Å²) in [6.45, 7) is 2.05. The zero-order valence-electron chi connectivity index (χ0n) is 17.1. The topological polar surface area (TPSA) is 108 Å². The lowest BCUT2D eigenvalue weighted by molar-refractivity contribution is 0.0977. The zero-order chi connectivity index (χ0) is 23.1. The summed E-state index contributed by atoms with van der Waals surface area (Å²) < 4.78 is 27.4. The van der Waals surface area contributed by atoms with Gasteiger partial charge in [-0.15, -0.1) is 4.91 Å². The number of hydrogen-bond donors (Lipinski definition) is 2. The maximum absolute atomic E-state index is 13.0. The summed E-state index contributed by atoms with van der Waals surface area (Å²) in [5.41, 5.74) is 1.62. The number of nitrogens with zero attached hydrogens (tertiary/aromatic N) is 2. The highest BCUT2D eigenvalue weighted by Crippen LogP contribution is 2.24. The third-order valence-corrected chi connectivity index (χ3v) is 6.61. The minimum absolute atomic E-state index is 0.0441. The molecule has 0 aliphatic rings. The van der Waals surface area contributed by atoms with Gasteiger partial charge in [0, 0.05) is 17.8 Å². The summed E-state index contributed by atoms with van der Waals surface area (Å²) in [5.74, 6) is -0.458. The zero-order valence-corrected chi connectivity index (χ0v) is 18.7. The third kappa shape index (κ3) is 5.34. The Hall–Kier alpha value is -3.63. The van der Waals surface area contributed by atoms with Crippen LogP contribution in [0, 0.1) is 4.91 Å². The molecular weight excluding hydrogens is 448 g/mol. The van der Waals surface area contributed by atoms with Gasteiger partial charge in [0.05, 0.1) is 10.6 Å². The normalized spacial score (nSPS) is 10.8. The molecule has 0 atom stereocenters. The van der Waals surface area contributed by atoms with E-state index < -0.39 is 15.9 Å². The molecule has 0 fully saturated rings. The van der Waals surface area contributed by atoms with E-state index in [0.717, 1.165) is 0 Å². The number of nitroso groups, excluding NO2 is 1. The summed E-state index contributed by atoms with van der Waals surface area (Å²) in [6, 6.07) is 20.7. The van der Waals surface area contributed by atoms with Crippen molar-refractivity contribution < 1.29 is 13.2 Å². The Balaban J connectivity index is 1.67. The van der Waals surface area contributed by atoms with Crippen molar-refractivity contribution in [3.8, 4) is 0 Å². The Morgan fingerprint density at radius 1 is 0.969 bits per heavy atom. The van der Waals surface area contributed by atoms with Crippen LogP contribution in [0.5, 0.6) is 0 Å². The van der Waals surface area contributed by atoms with Crippen LogP contribution >= 0.6 is 12.2 Å². The Labute approximate surface area is 191 Å². The lowest BCUT2D eigenvalue weighted by atomic mass is 10.2. The van der Waals surface area contributed by atoms with Crippen LogP contribution in [0.25, 0.3) is 0 Å². The van der Waals surface area contributed by atoms with Crippen LogP contribution in [0.3, 0.4) is 0 Å². The number of rotatable bonds is 7. The van der Waals surface area contributed by atoms with Gasteiger partial charge in [-0.2, -0.15) is 0 Å². The average Bonchev–Trinajstić information content (AvgIpc) is 2.80. The molecule has 0 unspecified atom stereocenters. The highest BCUT2D eigenvalue weighted by atomic mass is 32.2. The summed E-state index contributed by atoms with van der Waals surface area (Å²) in [6.07, 6.45) is 0. The van der Waals surface area contributed by atoms with E-state index in [4.69, 9.17) is 12.2 Å². The average molecular weight is 469 g/mol. The van der Waals surface area contributed by atoms with Gasteiger partial charge in [-0.25, -0.2) is 8.42 Å². The van der Waals surface area contributed by atoms with Crippen molar-refractivity contribution in [1.29, 1.82) is 0 Å². The van der Waals surface area contributed by atoms with Crippen molar-refractivity contribution in [3.63, 3.8) is 0 Å². The van der Waals surface area contributed by atoms with E-state index >= 15 is 0 Å². The maximum Gasteiger partial charge on any atom is 0.264 e. The van der Waals surface area contributed by atoms with Crippen molar-refractivity contribution in [2.45, 2.75) is 11.8 Å². The first-order valence-corrected chi connectivity index (χ1v) is 11.4. The Morgan fingerprint density at radius 3 is 2.16 bits per heavy atom. The fraction of sp³-hybridized carbons (Fsp3) is 0.0909. The standard InChI is InChI=1S/C22H20N4O4S2/c1-2-26(19-6-4-3-5-7-19)32(29,30)20-14-12-17(13-15-20)23-22(31)24-21(27)16-8-10-18(25-28)11-9-16/h3-15H,2H2,1H3,(H2,23,24,27,31). The first-order valence-electron chi connectivity index (χ1n) is 9.58. The van der Waals surface area contributed by atoms with Crippen molar-refractivity contribution in [2.24, 2.45) is 5.18 Å². The fourth-order valence-electron chi connectivity index (χ4n) is 2.93. The van der Waals surface area contributed by atoms with Gasteiger partial charge in [-0.3, -0.25) is 14.4 Å². The number of thiocarbonyl (C=S) groups is 1. The van der Waals surface area contributed by atoms with E-state index in [9.17, 15) is 18.1 Å². The molecule has 3 rings (SSSR count). The quantitative estimate of drug-likeness (QED) is 0.392. The molecule has 10 heteroatoms. The molecule has 3 aromatic carbocycles. The van der Waals surface area contributed by atoms with Crippen LogP contribution in [0.2, 0.25) is 0 Å². The van der Waals surface area contributed by atoms with Gasteiger partial charge in [-0.1, -0.05) is 18.2 Å². The predicted octanol–water partition coefficient (Wildman–Crippen LogP) is 4.43. The van der Waals surface area contributed by atoms with Crippen LogP contribution in [0.1, 0.15) is 17.3 Å². The van der Waals surface area contributed by atoms with E-state index in [0.29, 0.717) is 16.9 Å². The number of nitrogens with one attached hydrogen (secondary N) is 2. The van der Waals surface area contributed by atoms with Crippen molar-refractivity contribution in [1.82, 2.24) is 5.32 Å².